The summed E-state index contributed by atoms with van der Waals surface area (Å²) in [4.78, 5) is 72.9. The van der Waals surface area contributed by atoms with Crippen molar-refractivity contribution in [1.29, 1.82) is 0 Å². The number of hydrogen-bond donors (Lipinski definition) is 3. The first-order valence-corrected chi connectivity index (χ1v) is 41.8. The van der Waals surface area contributed by atoms with Gasteiger partial charge in [-0.2, -0.15) is 0 Å². The van der Waals surface area contributed by atoms with Crippen molar-refractivity contribution >= 4 is 39.5 Å². The number of phosphoric acid groups is 2. The van der Waals surface area contributed by atoms with Gasteiger partial charge < -0.3 is 33.8 Å². The third kappa shape index (κ3) is 70.7. The molecule has 0 rings (SSSR count). The molecule has 0 bridgehead atoms. The summed E-state index contributed by atoms with van der Waals surface area (Å²) in [5.74, 6) is -2.20. The van der Waals surface area contributed by atoms with Crippen molar-refractivity contribution in [2.24, 2.45) is 0 Å². The van der Waals surface area contributed by atoms with Gasteiger partial charge in [-0.15, -0.1) is 0 Å². The zero-order valence-corrected chi connectivity index (χ0v) is 63.7. The highest BCUT2D eigenvalue weighted by atomic mass is 31.2. The van der Waals surface area contributed by atoms with E-state index in [1.165, 1.54) is 70.6 Å². The Labute approximate surface area is 595 Å². The Kier molecular flexibility index (Phi) is 68.9. The number of phosphoric ester groups is 2. The van der Waals surface area contributed by atoms with Crippen molar-refractivity contribution in [2.75, 3.05) is 39.6 Å². The van der Waals surface area contributed by atoms with E-state index in [4.69, 9.17) is 37.0 Å². The van der Waals surface area contributed by atoms with E-state index in [1.54, 1.807) is 0 Å². The normalized spacial score (nSPS) is 14.4. The molecule has 0 aliphatic heterocycles. The van der Waals surface area contributed by atoms with Crippen LogP contribution in [0.2, 0.25) is 0 Å². The van der Waals surface area contributed by atoms with E-state index in [-0.39, 0.29) is 25.7 Å². The van der Waals surface area contributed by atoms with Gasteiger partial charge in [0.25, 0.3) is 0 Å². The lowest BCUT2D eigenvalue weighted by Crippen LogP contribution is -2.30. The highest BCUT2D eigenvalue weighted by molar-refractivity contribution is 7.47. The summed E-state index contributed by atoms with van der Waals surface area (Å²) in [6.07, 6.45) is 72.8. The van der Waals surface area contributed by atoms with Crippen molar-refractivity contribution in [3.8, 4) is 0 Å². The summed E-state index contributed by atoms with van der Waals surface area (Å²) in [5.41, 5.74) is 0. The average Bonchev–Trinajstić information content (AvgIpc) is 1.05. The Balaban J connectivity index is 5.35. The number of hydrogen-bond acceptors (Lipinski definition) is 15. The van der Waals surface area contributed by atoms with Gasteiger partial charge in [-0.1, -0.05) is 254 Å². The first kappa shape index (κ1) is 94.2. The molecule has 0 aromatic carbocycles. The van der Waals surface area contributed by atoms with Gasteiger partial charge in [0.15, 0.2) is 12.2 Å². The van der Waals surface area contributed by atoms with Gasteiger partial charge in [0.2, 0.25) is 0 Å². The van der Waals surface area contributed by atoms with Crippen LogP contribution in [0, 0.1) is 0 Å². The molecular formula is C79H140O17P2. The molecule has 568 valence electrons. The second-order valence-corrected chi connectivity index (χ2v) is 28.8. The molecule has 0 saturated carbocycles. The first-order valence-electron chi connectivity index (χ1n) is 38.8. The number of allylic oxidation sites excluding steroid dienone is 14. The van der Waals surface area contributed by atoms with Crippen LogP contribution in [0.25, 0.3) is 0 Å². The Morgan fingerprint density at radius 1 is 0.296 bits per heavy atom. The van der Waals surface area contributed by atoms with Crippen molar-refractivity contribution in [3.63, 3.8) is 0 Å². The number of ether oxygens (including phenoxy) is 4. The summed E-state index contributed by atoms with van der Waals surface area (Å²) in [6, 6.07) is 0. The standard InChI is InChI=1S/C79H140O17P2/c1-5-9-13-17-21-25-29-33-35-36-38-41-44-48-52-56-60-64-77(82)90-70-75(96-79(84)66-62-58-54-50-46-42-37-34-30-26-22-18-14-10-6-2)72-94-98(87,88)92-68-73(80)67-91-97(85,86)93-71-74(95-78(83)65-61-57-53-49-45-40-32-28-24-20-16-12-8-4)69-89-76(81)63-59-55-51-47-43-39-31-27-23-19-15-11-7-3/h9,13,21-22,25-28,31-35,37,73-75,80H,5-8,10-12,14-20,23-24,29-30,36,38-72H2,1-4H3,(H,85,86)(H,87,88)/b13-9-,25-21-,26-22-,31-27-,32-28-,35-33-,37-34-. The summed E-state index contributed by atoms with van der Waals surface area (Å²) in [7, 11) is -9.95. The zero-order valence-electron chi connectivity index (χ0n) is 62.0. The zero-order chi connectivity index (χ0) is 71.8. The maximum atomic E-state index is 13.1. The van der Waals surface area contributed by atoms with Gasteiger partial charge in [0, 0.05) is 25.7 Å². The second-order valence-electron chi connectivity index (χ2n) is 25.9. The lowest BCUT2D eigenvalue weighted by Gasteiger charge is -2.21. The van der Waals surface area contributed by atoms with E-state index in [1.807, 2.05) is 0 Å². The number of carbonyl (C=O) groups excluding carboxylic acids is 4. The Morgan fingerprint density at radius 3 is 0.847 bits per heavy atom. The third-order valence-corrected chi connectivity index (χ3v) is 18.2. The largest absolute Gasteiger partial charge is 0.472 e. The van der Waals surface area contributed by atoms with Crippen LogP contribution in [-0.2, 0) is 65.4 Å². The average molecular weight is 1420 g/mol. The molecule has 0 amide bonds. The molecular weight excluding hydrogens is 1280 g/mol. The van der Waals surface area contributed by atoms with E-state index in [0.29, 0.717) is 25.7 Å². The maximum absolute atomic E-state index is 13.1. The molecule has 0 radical (unpaired) electrons. The van der Waals surface area contributed by atoms with Crippen LogP contribution in [0.5, 0.6) is 0 Å². The fourth-order valence-electron chi connectivity index (χ4n) is 10.4. The molecule has 0 aliphatic carbocycles. The molecule has 0 saturated heterocycles. The molecule has 0 heterocycles. The molecule has 5 unspecified atom stereocenters. The predicted molar refractivity (Wildman–Crippen MR) is 399 cm³/mol. The van der Waals surface area contributed by atoms with Crippen molar-refractivity contribution in [3.05, 3.63) is 85.1 Å². The lowest BCUT2D eigenvalue weighted by atomic mass is 10.1. The highest BCUT2D eigenvalue weighted by Crippen LogP contribution is 2.45. The SMILES string of the molecule is CC/C=C\C/C=C\C/C=C\CCCCCCCCCC(=O)OCC(COP(=O)(O)OCC(O)COP(=O)(O)OCC(COC(=O)CCCCCCC/C=C\CCCCCC)OC(=O)CCCCCCC/C=C\CCCCCC)OC(=O)CCCCCCC/C=C\C/C=C\CCCCC. The number of unbranched alkanes of at least 4 members (excludes halogenated alkanes) is 33. The van der Waals surface area contributed by atoms with E-state index >= 15 is 0 Å². The lowest BCUT2D eigenvalue weighted by molar-refractivity contribution is -0.161. The summed E-state index contributed by atoms with van der Waals surface area (Å²) >= 11 is 0. The molecule has 19 heteroatoms. The Morgan fingerprint density at radius 2 is 0.531 bits per heavy atom. The molecule has 0 spiro atoms. The highest BCUT2D eigenvalue weighted by Gasteiger charge is 2.30. The van der Waals surface area contributed by atoms with Crippen LogP contribution in [0.1, 0.15) is 336 Å². The van der Waals surface area contributed by atoms with E-state index in [0.717, 1.165) is 186 Å². The van der Waals surface area contributed by atoms with E-state index in [9.17, 15) is 43.2 Å². The van der Waals surface area contributed by atoms with Gasteiger partial charge in [0.05, 0.1) is 26.4 Å². The van der Waals surface area contributed by atoms with Gasteiger partial charge in [-0.05, 0) is 141 Å². The maximum Gasteiger partial charge on any atom is 0.472 e. The van der Waals surface area contributed by atoms with Crippen LogP contribution >= 0.6 is 15.6 Å². The number of rotatable bonds is 73. The summed E-state index contributed by atoms with van der Waals surface area (Å²) in [6.45, 7) is 4.70. The monoisotopic (exact) mass is 1420 g/mol. The minimum Gasteiger partial charge on any atom is -0.462 e. The number of esters is 4. The Bertz CT molecular complexity index is 2190. The number of carbonyl (C=O) groups is 4. The molecule has 0 aromatic heterocycles. The molecule has 17 nitrogen and oxygen atoms in total. The minimum absolute atomic E-state index is 0.0775. The fraction of sp³-hybridized carbons (Fsp3) is 0.772. The van der Waals surface area contributed by atoms with Gasteiger partial charge in [-0.25, -0.2) is 9.13 Å². The molecule has 0 aromatic rings. The number of aliphatic hydroxyl groups is 1. The molecule has 5 atom stereocenters. The van der Waals surface area contributed by atoms with Crippen molar-refractivity contribution < 1.29 is 80.2 Å². The molecule has 0 aliphatic rings. The topological polar surface area (TPSA) is 237 Å². The summed E-state index contributed by atoms with van der Waals surface area (Å²) < 4.78 is 68.5. The van der Waals surface area contributed by atoms with Crippen LogP contribution in [0.4, 0.5) is 0 Å². The van der Waals surface area contributed by atoms with Crippen LogP contribution in [0.15, 0.2) is 85.1 Å². The van der Waals surface area contributed by atoms with Crippen molar-refractivity contribution in [2.45, 2.75) is 354 Å². The molecule has 3 N–H and O–H groups in total. The predicted octanol–water partition coefficient (Wildman–Crippen LogP) is 22.2. The minimum atomic E-state index is -4.98. The first-order chi connectivity index (χ1) is 47.7. The van der Waals surface area contributed by atoms with Gasteiger partial charge in [-0.3, -0.25) is 37.3 Å². The van der Waals surface area contributed by atoms with Crippen LogP contribution in [-0.4, -0.2) is 96.7 Å². The van der Waals surface area contributed by atoms with Crippen LogP contribution < -0.4 is 0 Å². The van der Waals surface area contributed by atoms with Gasteiger partial charge in [0.1, 0.15) is 19.3 Å². The second kappa shape index (κ2) is 71.6. The van der Waals surface area contributed by atoms with Crippen LogP contribution in [0.3, 0.4) is 0 Å². The molecule has 0 fully saturated rings. The van der Waals surface area contributed by atoms with E-state index in [2.05, 4.69) is 113 Å². The van der Waals surface area contributed by atoms with E-state index < -0.39 is 97.5 Å². The third-order valence-electron chi connectivity index (χ3n) is 16.3. The number of aliphatic hydroxyl groups excluding tert-OH is 1. The van der Waals surface area contributed by atoms with Gasteiger partial charge >= 0.3 is 39.5 Å². The summed E-state index contributed by atoms with van der Waals surface area (Å²) in [5, 5.41) is 10.6. The smallest absolute Gasteiger partial charge is 0.462 e. The molecule has 98 heavy (non-hydrogen) atoms. The fourth-order valence-corrected chi connectivity index (χ4v) is 12.0. The Hall–Kier alpha value is -3.76. The quantitative estimate of drug-likeness (QED) is 0.0169. The van der Waals surface area contributed by atoms with Crippen molar-refractivity contribution in [1.82, 2.24) is 0 Å².